The highest BCUT2D eigenvalue weighted by Crippen LogP contribution is 2.22. The maximum atomic E-state index is 11.8. The summed E-state index contributed by atoms with van der Waals surface area (Å²) in [6.45, 7) is 8.47. The van der Waals surface area contributed by atoms with Gasteiger partial charge in [-0.05, 0) is 55.7 Å². The first-order valence-corrected chi connectivity index (χ1v) is 8.63. The van der Waals surface area contributed by atoms with E-state index in [9.17, 15) is 4.79 Å². The Labute approximate surface area is 153 Å². The van der Waals surface area contributed by atoms with Gasteiger partial charge in [-0.25, -0.2) is 5.43 Å². The lowest BCUT2D eigenvalue weighted by molar-refractivity contribution is 0.0927. The SMILES string of the molecule is Cc1cc(/C=N\NC(=O)c2ccco2)c(C)n1-c1ccc(C(C)C)cc1. The lowest BCUT2D eigenvalue weighted by Gasteiger charge is -2.12. The van der Waals surface area contributed by atoms with Gasteiger partial charge in [0.2, 0.25) is 0 Å². The first-order valence-electron chi connectivity index (χ1n) is 8.63. The van der Waals surface area contributed by atoms with E-state index >= 15 is 0 Å². The molecule has 1 N–H and O–H groups in total. The third kappa shape index (κ3) is 3.61. The number of nitrogens with one attached hydrogen (secondary N) is 1. The molecule has 3 rings (SSSR count). The molecule has 0 fully saturated rings. The van der Waals surface area contributed by atoms with Crippen molar-refractivity contribution in [1.29, 1.82) is 0 Å². The third-order valence-corrected chi connectivity index (χ3v) is 4.40. The Hall–Kier alpha value is -3.08. The van der Waals surface area contributed by atoms with E-state index in [1.54, 1.807) is 18.3 Å². The van der Waals surface area contributed by atoms with E-state index in [2.05, 4.69) is 60.1 Å². The summed E-state index contributed by atoms with van der Waals surface area (Å²) in [6.07, 6.45) is 3.11. The van der Waals surface area contributed by atoms with Gasteiger partial charge in [0.25, 0.3) is 0 Å². The van der Waals surface area contributed by atoms with E-state index in [1.165, 1.54) is 11.8 Å². The van der Waals surface area contributed by atoms with Crippen LogP contribution in [-0.2, 0) is 0 Å². The van der Waals surface area contributed by atoms with Crippen LogP contribution in [0.15, 0.2) is 58.2 Å². The van der Waals surface area contributed by atoms with Crippen LogP contribution in [0.1, 0.15) is 52.8 Å². The van der Waals surface area contributed by atoms with Crippen LogP contribution in [-0.4, -0.2) is 16.7 Å². The predicted molar refractivity (Wildman–Crippen MR) is 103 cm³/mol. The molecule has 1 aromatic carbocycles. The predicted octanol–water partition coefficient (Wildman–Crippen LogP) is 4.57. The van der Waals surface area contributed by atoms with E-state index in [0.29, 0.717) is 5.92 Å². The molecule has 0 saturated carbocycles. The van der Waals surface area contributed by atoms with Crippen molar-refractivity contribution in [3.05, 3.63) is 77.0 Å². The smallest absolute Gasteiger partial charge is 0.307 e. The molecule has 0 radical (unpaired) electrons. The Balaban J connectivity index is 1.79. The Morgan fingerprint density at radius 3 is 2.54 bits per heavy atom. The van der Waals surface area contributed by atoms with Crippen molar-refractivity contribution in [2.45, 2.75) is 33.6 Å². The van der Waals surface area contributed by atoms with E-state index in [-0.39, 0.29) is 11.7 Å². The number of aryl methyl sites for hydroxylation is 1. The highest BCUT2D eigenvalue weighted by atomic mass is 16.3. The van der Waals surface area contributed by atoms with Crippen molar-refractivity contribution < 1.29 is 9.21 Å². The summed E-state index contributed by atoms with van der Waals surface area (Å²) in [5.74, 6) is 0.374. The maximum absolute atomic E-state index is 11.8. The molecule has 0 aliphatic carbocycles. The van der Waals surface area contributed by atoms with Gasteiger partial charge < -0.3 is 8.98 Å². The van der Waals surface area contributed by atoms with Gasteiger partial charge in [0.15, 0.2) is 5.76 Å². The topological polar surface area (TPSA) is 59.5 Å². The molecule has 3 aromatic rings. The first-order chi connectivity index (χ1) is 12.5. The molecule has 0 bridgehead atoms. The molecule has 1 amide bonds. The van der Waals surface area contributed by atoms with Crippen LogP contribution in [0, 0.1) is 13.8 Å². The number of aromatic nitrogens is 1. The minimum Gasteiger partial charge on any atom is -0.459 e. The summed E-state index contributed by atoms with van der Waals surface area (Å²) in [6, 6.07) is 13.9. The number of carbonyl (C=O) groups excluding carboxylic acids is 1. The van der Waals surface area contributed by atoms with Gasteiger partial charge in [0.1, 0.15) is 0 Å². The fraction of sp³-hybridized carbons (Fsp3) is 0.238. The second kappa shape index (κ2) is 7.44. The molecule has 0 atom stereocenters. The average Bonchev–Trinajstić information content (AvgIpc) is 3.24. The molecule has 2 heterocycles. The number of hydrogen-bond donors (Lipinski definition) is 1. The van der Waals surface area contributed by atoms with Crippen LogP contribution in [0.25, 0.3) is 5.69 Å². The highest BCUT2D eigenvalue weighted by molar-refractivity contribution is 5.92. The lowest BCUT2D eigenvalue weighted by Crippen LogP contribution is -2.16. The zero-order valence-corrected chi connectivity index (χ0v) is 15.5. The number of nitrogens with zero attached hydrogens (tertiary/aromatic N) is 2. The summed E-state index contributed by atoms with van der Waals surface area (Å²) in [5, 5.41) is 4.05. The lowest BCUT2D eigenvalue weighted by atomic mass is 10.0. The van der Waals surface area contributed by atoms with Crippen molar-refractivity contribution in [2.75, 3.05) is 0 Å². The van der Waals surface area contributed by atoms with Crippen molar-refractivity contribution in [3.63, 3.8) is 0 Å². The number of hydrazone groups is 1. The Morgan fingerprint density at radius 1 is 1.19 bits per heavy atom. The minimum atomic E-state index is -0.371. The van der Waals surface area contributed by atoms with Gasteiger partial charge in [0, 0.05) is 22.6 Å². The Kier molecular flexibility index (Phi) is 5.07. The van der Waals surface area contributed by atoms with Gasteiger partial charge in [0.05, 0.1) is 12.5 Å². The van der Waals surface area contributed by atoms with Gasteiger partial charge in [-0.1, -0.05) is 26.0 Å². The number of amides is 1. The fourth-order valence-electron chi connectivity index (χ4n) is 2.95. The molecule has 5 nitrogen and oxygen atoms in total. The van der Waals surface area contributed by atoms with Gasteiger partial charge in [-0.2, -0.15) is 5.10 Å². The van der Waals surface area contributed by atoms with Crippen molar-refractivity contribution in [3.8, 4) is 5.69 Å². The number of furan rings is 1. The molecular formula is C21H23N3O2. The number of hydrogen-bond acceptors (Lipinski definition) is 3. The number of carbonyl (C=O) groups is 1. The molecule has 0 aliphatic heterocycles. The molecular weight excluding hydrogens is 326 g/mol. The van der Waals surface area contributed by atoms with E-state index in [0.717, 1.165) is 22.6 Å². The molecule has 0 spiro atoms. The molecule has 5 heteroatoms. The summed E-state index contributed by atoms with van der Waals surface area (Å²) in [5.41, 5.74) is 8.04. The fourth-order valence-corrected chi connectivity index (χ4v) is 2.95. The average molecular weight is 349 g/mol. The number of rotatable bonds is 5. The zero-order valence-electron chi connectivity index (χ0n) is 15.5. The van der Waals surface area contributed by atoms with Gasteiger partial charge in [-0.3, -0.25) is 4.79 Å². The quantitative estimate of drug-likeness (QED) is 0.541. The third-order valence-electron chi connectivity index (χ3n) is 4.40. The zero-order chi connectivity index (χ0) is 18.7. The Morgan fingerprint density at radius 2 is 1.92 bits per heavy atom. The molecule has 0 aliphatic rings. The van der Waals surface area contributed by atoms with Crippen LogP contribution in [0.3, 0.4) is 0 Å². The molecule has 2 aromatic heterocycles. The van der Waals surface area contributed by atoms with Gasteiger partial charge >= 0.3 is 5.91 Å². The van der Waals surface area contributed by atoms with Gasteiger partial charge in [-0.15, -0.1) is 0 Å². The number of benzene rings is 1. The molecule has 134 valence electrons. The van der Waals surface area contributed by atoms with Crippen molar-refractivity contribution in [1.82, 2.24) is 9.99 Å². The van der Waals surface area contributed by atoms with Crippen LogP contribution in [0.2, 0.25) is 0 Å². The highest BCUT2D eigenvalue weighted by Gasteiger charge is 2.11. The normalized spacial score (nSPS) is 11.4. The van der Waals surface area contributed by atoms with Crippen LogP contribution < -0.4 is 5.43 Å². The largest absolute Gasteiger partial charge is 0.459 e. The monoisotopic (exact) mass is 349 g/mol. The van der Waals surface area contributed by atoms with E-state index in [1.807, 2.05) is 13.0 Å². The maximum Gasteiger partial charge on any atom is 0.307 e. The van der Waals surface area contributed by atoms with Crippen LogP contribution >= 0.6 is 0 Å². The van der Waals surface area contributed by atoms with E-state index in [4.69, 9.17) is 4.42 Å². The molecule has 0 unspecified atom stereocenters. The van der Waals surface area contributed by atoms with Crippen LogP contribution in [0.4, 0.5) is 0 Å². The van der Waals surface area contributed by atoms with Crippen molar-refractivity contribution in [2.24, 2.45) is 5.10 Å². The van der Waals surface area contributed by atoms with E-state index < -0.39 is 0 Å². The summed E-state index contributed by atoms with van der Waals surface area (Å²) >= 11 is 0. The Bertz CT molecular complexity index is 917. The summed E-state index contributed by atoms with van der Waals surface area (Å²) in [4.78, 5) is 11.8. The molecule has 0 saturated heterocycles. The second-order valence-electron chi connectivity index (χ2n) is 6.58. The van der Waals surface area contributed by atoms with Crippen LogP contribution in [0.5, 0.6) is 0 Å². The first kappa shape index (κ1) is 17.7. The molecule has 26 heavy (non-hydrogen) atoms. The minimum absolute atomic E-state index is 0.234. The summed E-state index contributed by atoms with van der Waals surface area (Å²) < 4.78 is 7.22. The standard InChI is InChI=1S/C21H23N3O2/c1-14(2)17-7-9-19(10-8-17)24-15(3)12-18(16(24)4)13-22-23-21(25)20-6-5-11-26-20/h5-14H,1-4H3,(H,23,25)/b22-13-. The second-order valence-corrected chi connectivity index (χ2v) is 6.58. The summed E-state index contributed by atoms with van der Waals surface area (Å²) in [7, 11) is 0. The van der Waals surface area contributed by atoms with Crippen molar-refractivity contribution >= 4 is 12.1 Å².